The van der Waals surface area contributed by atoms with Crippen molar-refractivity contribution in [2.75, 3.05) is 6.26 Å². The summed E-state index contributed by atoms with van der Waals surface area (Å²) in [4.78, 5) is 16.0. The topological polar surface area (TPSA) is 34.9 Å². The molecule has 0 saturated heterocycles. The van der Waals surface area contributed by atoms with E-state index in [1.165, 1.54) is 28.5 Å². The normalized spacial score (nSPS) is 10.5. The van der Waals surface area contributed by atoms with Gasteiger partial charge in [-0.25, -0.2) is 9.37 Å². The van der Waals surface area contributed by atoms with E-state index in [9.17, 15) is 9.18 Å². The van der Waals surface area contributed by atoms with Crippen molar-refractivity contribution in [3.63, 3.8) is 0 Å². The van der Waals surface area contributed by atoms with Crippen LogP contribution >= 0.6 is 11.8 Å². The Bertz CT molecular complexity index is 522. The van der Waals surface area contributed by atoms with Crippen LogP contribution in [0.25, 0.3) is 0 Å². The van der Waals surface area contributed by atoms with Gasteiger partial charge < -0.3 is 0 Å². The summed E-state index contributed by atoms with van der Waals surface area (Å²) in [6, 6.07) is 5.93. The Hall–Kier alpha value is -1.62. The van der Waals surface area contributed by atoms with E-state index in [2.05, 4.69) is 4.98 Å². The quantitative estimate of drug-likeness (QED) is 0.785. The van der Waals surface area contributed by atoms with E-state index >= 15 is 0 Å². The summed E-state index contributed by atoms with van der Waals surface area (Å²) in [6.45, 7) is 0. The van der Waals surface area contributed by atoms with Gasteiger partial charge in [0.2, 0.25) is 5.91 Å². The minimum absolute atomic E-state index is 0.0709. The fourth-order valence-corrected chi connectivity index (χ4v) is 2.02. The second-order valence-electron chi connectivity index (χ2n) is 3.48. The van der Waals surface area contributed by atoms with Gasteiger partial charge in [-0.2, -0.15) is 0 Å². The van der Waals surface area contributed by atoms with Crippen molar-refractivity contribution in [1.82, 2.24) is 9.55 Å². The molecule has 0 saturated carbocycles. The number of nitrogens with zero attached hydrogens (tertiary/aromatic N) is 2. The van der Waals surface area contributed by atoms with E-state index in [4.69, 9.17) is 0 Å². The molecule has 0 N–H and O–H groups in total. The standard InChI is InChI=1S/C12H11FN2OS/c1-17-12-14-6-7-15(12)11(16)8-9-2-4-10(13)5-3-9/h2-7H,8H2,1H3. The van der Waals surface area contributed by atoms with E-state index in [1.807, 2.05) is 6.26 Å². The van der Waals surface area contributed by atoms with Gasteiger partial charge in [-0.15, -0.1) is 0 Å². The van der Waals surface area contributed by atoms with Gasteiger partial charge in [0.05, 0.1) is 6.42 Å². The Morgan fingerprint density at radius 1 is 1.41 bits per heavy atom. The molecule has 0 radical (unpaired) electrons. The Labute approximate surface area is 103 Å². The molecule has 17 heavy (non-hydrogen) atoms. The first-order chi connectivity index (χ1) is 8.20. The van der Waals surface area contributed by atoms with Crippen LogP contribution in [0.2, 0.25) is 0 Å². The van der Waals surface area contributed by atoms with Crippen molar-refractivity contribution < 1.29 is 9.18 Å². The van der Waals surface area contributed by atoms with Crippen LogP contribution in [0.1, 0.15) is 10.4 Å². The van der Waals surface area contributed by atoms with Crippen molar-refractivity contribution in [2.45, 2.75) is 11.6 Å². The molecule has 0 fully saturated rings. The molecule has 1 heterocycles. The molecule has 2 rings (SSSR count). The molecular formula is C12H11FN2OS. The maximum Gasteiger partial charge on any atom is 0.237 e. The fourth-order valence-electron chi connectivity index (χ4n) is 1.49. The number of carbonyl (C=O) groups excluding carboxylic acids is 1. The summed E-state index contributed by atoms with van der Waals surface area (Å²) in [5.41, 5.74) is 0.789. The summed E-state index contributed by atoms with van der Waals surface area (Å²) < 4.78 is 14.2. The van der Waals surface area contributed by atoms with Gasteiger partial charge in [0.25, 0.3) is 0 Å². The second-order valence-corrected chi connectivity index (χ2v) is 4.25. The number of aromatic nitrogens is 2. The molecule has 0 aliphatic heterocycles. The molecule has 3 nitrogen and oxygen atoms in total. The largest absolute Gasteiger partial charge is 0.274 e. The van der Waals surface area contributed by atoms with Gasteiger partial charge >= 0.3 is 0 Å². The fraction of sp³-hybridized carbons (Fsp3) is 0.167. The Balaban J connectivity index is 2.14. The van der Waals surface area contributed by atoms with Crippen molar-refractivity contribution >= 4 is 17.7 Å². The monoisotopic (exact) mass is 250 g/mol. The third-order valence-corrected chi connectivity index (χ3v) is 2.99. The highest BCUT2D eigenvalue weighted by Crippen LogP contribution is 2.13. The molecule has 0 amide bonds. The van der Waals surface area contributed by atoms with Gasteiger partial charge in [-0.05, 0) is 24.0 Å². The first kappa shape index (κ1) is 11.9. The van der Waals surface area contributed by atoms with Gasteiger partial charge in [-0.1, -0.05) is 23.9 Å². The average molecular weight is 250 g/mol. The second kappa shape index (κ2) is 5.14. The van der Waals surface area contributed by atoms with Crippen molar-refractivity contribution in [3.05, 3.63) is 48.0 Å². The van der Waals surface area contributed by atoms with Crippen molar-refractivity contribution in [1.29, 1.82) is 0 Å². The van der Waals surface area contributed by atoms with Crippen LogP contribution in [0.5, 0.6) is 0 Å². The Kier molecular flexibility index (Phi) is 3.58. The zero-order valence-corrected chi connectivity index (χ0v) is 10.1. The molecule has 0 bridgehead atoms. The van der Waals surface area contributed by atoms with Crippen molar-refractivity contribution in [2.24, 2.45) is 0 Å². The van der Waals surface area contributed by atoms with Crippen LogP contribution in [-0.4, -0.2) is 21.7 Å². The lowest BCUT2D eigenvalue weighted by atomic mass is 10.1. The van der Waals surface area contributed by atoms with E-state index in [0.717, 1.165) is 5.56 Å². The molecule has 1 aromatic heterocycles. The lowest BCUT2D eigenvalue weighted by Crippen LogP contribution is -2.13. The van der Waals surface area contributed by atoms with Gasteiger partial charge in [0, 0.05) is 12.4 Å². The first-order valence-corrected chi connectivity index (χ1v) is 6.28. The van der Waals surface area contributed by atoms with Crippen molar-refractivity contribution in [3.8, 4) is 0 Å². The molecule has 0 atom stereocenters. The van der Waals surface area contributed by atoms with Crippen LogP contribution in [0.4, 0.5) is 4.39 Å². The molecule has 5 heteroatoms. The van der Waals surface area contributed by atoms with Crippen LogP contribution in [-0.2, 0) is 6.42 Å². The van der Waals surface area contributed by atoms with E-state index in [-0.39, 0.29) is 18.1 Å². The van der Waals surface area contributed by atoms with Crippen LogP contribution in [0.3, 0.4) is 0 Å². The molecule has 2 aromatic rings. The summed E-state index contributed by atoms with van der Waals surface area (Å²) in [5.74, 6) is -0.368. The van der Waals surface area contributed by atoms with Gasteiger partial charge in [-0.3, -0.25) is 9.36 Å². The number of benzene rings is 1. The smallest absolute Gasteiger partial charge is 0.237 e. The predicted octanol–water partition coefficient (Wildman–Crippen LogP) is 2.63. The highest BCUT2D eigenvalue weighted by molar-refractivity contribution is 7.98. The Morgan fingerprint density at radius 2 is 2.12 bits per heavy atom. The summed E-state index contributed by atoms with van der Waals surface area (Å²) in [5, 5.41) is 0.664. The van der Waals surface area contributed by atoms with E-state index in [1.54, 1.807) is 24.5 Å². The lowest BCUT2D eigenvalue weighted by Gasteiger charge is -2.04. The summed E-state index contributed by atoms with van der Waals surface area (Å²) in [6.07, 6.45) is 5.33. The van der Waals surface area contributed by atoms with Crippen LogP contribution in [0.15, 0.2) is 41.8 Å². The first-order valence-electron chi connectivity index (χ1n) is 5.05. The number of carbonyl (C=O) groups is 1. The summed E-state index contributed by atoms with van der Waals surface area (Å²) in [7, 11) is 0. The third-order valence-electron chi connectivity index (χ3n) is 2.33. The molecular weight excluding hydrogens is 239 g/mol. The van der Waals surface area contributed by atoms with Crippen LogP contribution < -0.4 is 0 Å². The van der Waals surface area contributed by atoms with E-state index in [0.29, 0.717) is 5.16 Å². The number of rotatable bonds is 3. The zero-order valence-electron chi connectivity index (χ0n) is 9.26. The number of halogens is 1. The minimum Gasteiger partial charge on any atom is -0.274 e. The zero-order chi connectivity index (χ0) is 12.3. The molecule has 88 valence electrons. The molecule has 0 aliphatic rings. The molecule has 0 aliphatic carbocycles. The molecule has 1 aromatic carbocycles. The average Bonchev–Trinajstić information content (AvgIpc) is 2.80. The molecule has 0 unspecified atom stereocenters. The maximum absolute atomic E-state index is 12.7. The summed E-state index contributed by atoms with van der Waals surface area (Å²) >= 11 is 1.41. The third kappa shape index (κ3) is 2.74. The number of hydrogen-bond donors (Lipinski definition) is 0. The van der Waals surface area contributed by atoms with Gasteiger partial charge in [0.15, 0.2) is 5.16 Å². The highest BCUT2D eigenvalue weighted by atomic mass is 32.2. The number of imidazole rings is 1. The predicted molar refractivity (Wildman–Crippen MR) is 64.7 cm³/mol. The SMILES string of the molecule is CSc1nccn1C(=O)Cc1ccc(F)cc1. The molecule has 0 spiro atoms. The number of hydrogen-bond acceptors (Lipinski definition) is 3. The van der Waals surface area contributed by atoms with Gasteiger partial charge in [0.1, 0.15) is 5.82 Å². The Morgan fingerprint density at radius 3 is 2.76 bits per heavy atom. The maximum atomic E-state index is 12.7. The lowest BCUT2D eigenvalue weighted by molar-refractivity contribution is 0.0903. The van der Waals surface area contributed by atoms with E-state index < -0.39 is 0 Å². The van der Waals surface area contributed by atoms with Crippen LogP contribution in [0, 0.1) is 5.82 Å². The number of thioether (sulfide) groups is 1. The minimum atomic E-state index is -0.298. The highest BCUT2D eigenvalue weighted by Gasteiger charge is 2.10.